The van der Waals surface area contributed by atoms with Gasteiger partial charge in [0, 0.05) is 54.6 Å². The molecule has 1 aliphatic rings. The molecular weight excluding hydrogens is 728 g/mol. The number of nitrogens with zero attached hydrogens (tertiary/aromatic N) is 4. The van der Waals surface area contributed by atoms with Crippen LogP contribution >= 0.6 is 0 Å². The Bertz CT molecular complexity index is 2150. The van der Waals surface area contributed by atoms with Crippen molar-refractivity contribution >= 4 is 29.3 Å². The maximum Gasteiger partial charge on any atom is 0.330 e. The molecule has 1 aliphatic heterocycles. The van der Waals surface area contributed by atoms with Crippen LogP contribution in [0.1, 0.15) is 77.9 Å². The van der Waals surface area contributed by atoms with E-state index in [-0.39, 0.29) is 49.9 Å². The molecule has 0 radical (unpaired) electrons. The number of aliphatic hydroxyl groups is 1. The van der Waals surface area contributed by atoms with Crippen molar-refractivity contribution in [1.82, 2.24) is 30.5 Å². The number of H-pyrrole nitrogens is 2. The van der Waals surface area contributed by atoms with Crippen LogP contribution in [0.25, 0.3) is 10.4 Å². The third-order valence-corrected chi connectivity index (χ3v) is 9.28. The molecule has 7 N–H and O–H groups in total. The Labute approximate surface area is 321 Å². The quantitative estimate of drug-likeness (QED) is 0.0419. The second-order valence-corrected chi connectivity index (χ2v) is 13.6. The van der Waals surface area contributed by atoms with Gasteiger partial charge in [0.25, 0.3) is 11.1 Å². The van der Waals surface area contributed by atoms with Crippen LogP contribution in [0.3, 0.4) is 0 Å². The molecule has 4 rings (SSSR count). The third kappa shape index (κ3) is 11.7. The molecule has 0 unspecified atom stereocenters. The van der Waals surface area contributed by atoms with Crippen molar-refractivity contribution < 1.29 is 29.0 Å². The van der Waals surface area contributed by atoms with Gasteiger partial charge in [-0.15, -0.1) is 0 Å². The largest absolute Gasteiger partial charge is 0.394 e. The van der Waals surface area contributed by atoms with Crippen LogP contribution in [-0.4, -0.2) is 81.7 Å². The predicted molar refractivity (Wildman–Crippen MR) is 205 cm³/mol. The lowest BCUT2D eigenvalue weighted by Crippen LogP contribution is -2.41. The standard InChI is InChI=1S/C37H48N10O9/c1-5-25-22(4)42-36(54)34(26(25)14-23-12-20(2)11-21(3)13-23)43-32(52)17-41-31(51)16-40-29(49)7-6-10-39-30(50)9-8-24-18-47(37(55)44-35(24)53)33-15-27(45-46-38)28(19-48)56-33/h11-13,18,27-28,33,48H,5-10,14-17,19H2,1-4H3,(H,39,50)(H,40,49)(H,41,51)(H,42,54)(H,43,52)(H,44,53,55)/t27-,28+,33+/m0/s1. The summed E-state index contributed by atoms with van der Waals surface area (Å²) in [5.41, 5.74) is 12.6. The molecule has 19 heteroatoms. The van der Waals surface area contributed by atoms with Crippen molar-refractivity contribution in [3.8, 4) is 0 Å². The topological polar surface area (TPSA) is 282 Å². The number of aliphatic hydroxyl groups excluding tert-OH is 1. The minimum atomic E-state index is -0.894. The Balaban J connectivity index is 1.18. The highest BCUT2D eigenvalue weighted by atomic mass is 16.5. The minimum absolute atomic E-state index is 0.00899. The average Bonchev–Trinajstić information content (AvgIpc) is 3.55. The Morgan fingerprint density at radius 3 is 2.29 bits per heavy atom. The van der Waals surface area contributed by atoms with Gasteiger partial charge in [-0.3, -0.25) is 38.3 Å². The first-order valence-electron chi connectivity index (χ1n) is 18.3. The van der Waals surface area contributed by atoms with Crippen LogP contribution in [0.4, 0.5) is 5.69 Å². The highest BCUT2D eigenvalue weighted by molar-refractivity contribution is 5.95. The number of hydrogen-bond donors (Lipinski definition) is 7. The van der Waals surface area contributed by atoms with E-state index >= 15 is 0 Å². The fourth-order valence-corrected chi connectivity index (χ4v) is 6.67. The van der Waals surface area contributed by atoms with Crippen LogP contribution in [0.5, 0.6) is 0 Å². The summed E-state index contributed by atoms with van der Waals surface area (Å²) in [6.45, 7) is 6.65. The van der Waals surface area contributed by atoms with Crippen LogP contribution in [-0.2, 0) is 43.2 Å². The summed E-state index contributed by atoms with van der Waals surface area (Å²) < 4.78 is 6.74. The Kier molecular flexibility index (Phi) is 15.3. The number of azide groups is 1. The maximum atomic E-state index is 13.0. The van der Waals surface area contributed by atoms with Crippen LogP contribution in [0.15, 0.2) is 43.9 Å². The van der Waals surface area contributed by atoms with E-state index in [1.54, 1.807) is 0 Å². The smallest absolute Gasteiger partial charge is 0.330 e. The summed E-state index contributed by atoms with van der Waals surface area (Å²) in [5.74, 6) is -2.09. The number of carbonyl (C=O) groups excluding carboxylic acids is 4. The van der Waals surface area contributed by atoms with Crippen LogP contribution < -0.4 is 38.1 Å². The number of pyridine rings is 1. The van der Waals surface area contributed by atoms with Gasteiger partial charge in [-0.1, -0.05) is 41.4 Å². The van der Waals surface area contributed by atoms with E-state index in [2.05, 4.69) is 47.3 Å². The van der Waals surface area contributed by atoms with Gasteiger partial charge in [-0.25, -0.2) is 4.79 Å². The number of aryl methyl sites for hydroxylation is 4. The molecule has 1 saturated heterocycles. The molecule has 1 fully saturated rings. The predicted octanol–water partition coefficient (Wildman–Crippen LogP) is 0.962. The highest BCUT2D eigenvalue weighted by Crippen LogP contribution is 2.30. The molecule has 2 aromatic heterocycles. The lowest BCUT2D eigenvalue weighted by molar-refractivity contribution is -0.127. The van der Waals surface area contributed by atoms with Crippen molar-refractivity contribution in [3.63, 3.8) is 0 Å². The number of aromatic amines is 2. The lowest BCUT2D eigenvalue weighted by Gasteiger charge is -2.17. The van der Waals surface area contributed by atoms with Crippen molar-refractivity contribution in [2.24, 2.45) is 5.11 Å². The van der Waals surface area contributed by atoms with Gasteiger partial charge in [-0.05, 0) is 62.3 Å². The summed E-state index contributed by atoms with van der Waals surface area (Å²) >= 11 is 0. The normalized spacial score (nSPS) is 16.1. The first-order chi connectivity index (χ1) is 26.7. The summed E-state index contributed by atoms with van der Waals surface area (Å²) in [6.07, 6.45) is 0.856. The molecule has 0 aliphatic carbocycles. The summed E-state index contributed by atoms with van der Waals surface area (Å²) in [4.78, 5) is 95.5. The number of benzene rings is 1. The molecule has 56 heavy (non-hydrogen) atoms. The average molecular weight is 777 g/mol. The minimum Gasteiger partial charge on any atom is -0.394 e. The molecule has 1 aromatic carbocycles. The van der Waals surface area contributed by atoms with Crippen molar-refractivity contribution in [1.29, 1.82) is 0 Å². The Morgan fingerprint density at radius 2 is 1.61 bits per heavy atom. The third-order valence-electron chi connectivity index (χ3n) is 9.28. The molecule has 3 aromatic rings. The van der Waals surface area contributed by atoms with Gasteiger partial charge in [0.15, 0.2) is 0 Å². The zero-order valence-electron chi connectivity index (χ0n) is 31.8. The number of hydrogen-bond acceptors (Lipinski definition) is 10. The highest BCUT2D eigenvalue weighted by Gasteiger charge is 2.36. The van der Waals surface area contributed by atoms with Crippen LogP contribution in [0, 0.1) is 20.8 Å². The number of ether oxygens (including phenoxy) is 1. The second kappa shape index (κ2) is 20.0. The molecule has 19 nitrogen and oxygen atoms in total. The number of rotatable bonds is 18. The summed E-state index contributed by atoms with van der Waals surface area (Å²) in [6, 6.07) is 5.42. The van der Waals surface area contributed by atoms with Crippen molar-refractivity contribution in [2.45, 2.75) is 91.0 Å². The van der Waals surface area contributed by atoms with E-state index in [0.717, 1.165) is 32.5 Å². The molecule has 0 saturated carbocycles. The van der Waals surface area contributed by atoms with Gasteiger partial charge < -0.3 is 36.1 Å². The fraction of sp³-hybridized carbons (Fsp3) is 0.486. The SMILES string of the molecule is CCc1c(C)[nH]c(=O)c(NC(=O)CNC(=O)CNC(=O)CCCNC(=O)CCc2cn([C@H]3C[C@H](N=[N+]=[N-])[C@@H](CO)O3)c(=O)[nH]c2=O)c1Cc1cc(C)cc(C)c1. The van der Waals surface area contributed by atoms with E-state index in [9.17, 15) is 38.7 Å². The molecule has 300 valence electrons. The summed E-state index contributed by atoms with van der Waals surface area (Å²) in [5, 5.41) is 23.3. The second-order valence-electron chi connectivity index (χ2n) is 13.6. The summed E-state index contributed by atoms with van der Waals surface area (Å²) in [7, 11) is 0. The monoisotopic (exact) mass is 776 g/mol. The maximum absolute atomic E-state index is 13.0. The fourth-order valence-electron chi connectivity index (χ4n) is 6.67. The van der Waals surface area contributed by atoms with E-state index in [1.165, 1.54) is 6.20 Å². The first kappa shape index (κ1) is 42.7. The van der Waals surface area contributed by atoms with Gasteiger partial charge in [0.1, 0.15) is 11.9 Å². The molecular formula is C37H48N10O9. The number of amides is 4. The number of aromatic nitrogens is 3. The molecule has 3 heterocycles. The van der Waals surface area contributed by atoms with Crippen molar-refractivity contribution in [3.05, 3.63) is 105 Å². The molecule has 0 bridgehead atoms. The van der Waals surface area contributed by atoms with Gasteiger partial charge in [0.2, 0.25) is 23.6 Å². The number of carbonyl (C=O) groups is 4. The van der Waals surface area contributed by atoms with Gasteiger partial charge in [-0.2, -0.15) is 0 Å². The Morgan fingerprint density at radius 1 is 0.929 bits per heavy atom. The Hall–Kier alpha value is -6.04. The zero-order chi connectivity index (χ0) is 40.9. The van der Waals surface area contributed by atoms with Gasteiger partial charge in [0.05, 0.1) is 31.8 Å². The van der Waals surface area contributed by atoms with E-state index in [0.29, 0.717) is 18.4 Å². The lowest BCUT2D eigenvalue weighted by atomic mass is 9.94. The van der Waals surface area contributed by atoms with E-state index in [4.69, 9.17) is 10.3 Å². The van der Waals surface area contributed by atoms with E-state index < -0.39 is 78.5 Å². The zero-order valence-corrected chi connectivity index (χ0v) is 31.8. The van der Waals surface area contributed by atoms with Crippen LogP contribution in [0.2, 0.25) is 0 Å². The number of anilines is 1. The van der Waals surface area contributed by atoms with E-state index in [1.807, 2.05) is 39.8 Å². The molecule has 4 amide bonds. The van der Waals surface area contributed by atoms with Gasteiger partial charge >= 0.3 is 5.69 Å². The first-order valence-corrected chi connectivity index (χ1v) is 18.3. The number of nitrogens with one attached hydrogen (secondary N) is 6. The molecule has 3 atom stereocenters. The molecule has 0 spiro atoms. The van der Waals surface area contributed by atoms with Crippen molar-refractivity contribution in [2.75, 3.05) is 31.6 Å².